The fourth-order valence-corrected chi connectivity index (χ4v) is 6.69. The van der Waals surface area contributed by atoms with Crippen molar-refractivity contribution in [1.82, 2.24) is 8.61 Å². The van der Waals surface area contributed by atoms with Gasteiger partial charge in [-0.15, -0.1) is 0 Å². The topological polar surface area (TPSA) is 40.6 Å². The molecule has 0 spiro atoms. The Hall–Kier alpha value is -0.130. The third-order valence-corrected chi connectivity index (χ3v) is 7.95. The minimum atomic E-state index is -3.23. The Morgan fingerprint density at radius 2 is 1.64 bits per heavy atom. The zero-order valence-corrected chi connectivity index (χ0v) is 14.9. The lowest BCUT2D eigenvalue weighted by Gasteiger charge is -2.36. The smallest absolute Gasteiger partial charge is 0.195 e. The maximum Gasteiger partial charge on any atom is 0.282 e. The van der Waals surface area contributed by atoms with Gasteiger partial charge in [-0.25, -0.2) is 0 Å². The first-order valence-electron chi connectivity index (χ1n) is 9.34. The third kappa shape index (κ3) is 3.68. The highest BCUT2D eigenvalue weighted by molar-refractivity contribution is 7.86. The average Bonchev–Trinajstić information content (AvgIpc) is 2.97. The molecule has 0 aromatic rings. The second-order valence-corrected chi connectivity index (χ2v) is 9.64. The highest BCUT2D eigenvalue weighted by atomic mass is 32.2. The average molecular weight is 329 g/mol. The predicted octanol–water partition coefficient (Wildman–Crippen LogP) is 3.40. The predicted molar refractivity (Wildman–Crippen MR) is 89.8 cm³/mol. The Balaban J connectivity index is 1.65. The highest BCUT2D eigenvalue weighted by Crippen LogP contribution is 2.34. The van der Waals surface area contributed by atoms with Crippen LogP contribution in [0.2, 0.25) is 0 Å². The molecule has 128 valence electrons. The zero-order valence-electron chi connectivity index (χ0n) is 14.0. The van der Waals surface area contributed by atoms with Crippen molar-refractivity contribution >= 4 is 10.2 Å². The molecule has 3 rings (SSSR count). The van der Waals surface area contributed by atoms with Gasteiger partial charge >= 0.3 is 0 Å². The van der Waals surface area contributed by atoms with Crippen molar-refractivity contribution < 1.29 is 8.42 Å². The molecule has 22 heavy (non-hydrogen) atoms. The first kappa shape index (κ1) is 16.7. The molecule has 0 bridgehead atoms. The largest absolute Gasteiger partial charge is 0.282 e. The van der Waals surface area contributed by atoms with E-state index in [1.807, 2.05) is 4.31 Å². The summed E-state index contributed by atoms with van der Waals surface area (Å²) in [7, 11) is -3.23. The molecule has 0 radical (unpaired) electrons. The highest BCUT2D eigenvalue weighted by Gasteiger charge is 2.40. The van der Waals surface area contributed by atoms with Crippen molar-refractivity contribution in [3.63, 3.8) is 0 Å². The monoisotopic (exact) mass is 328 g/mol. The van der Waals surface area contributed by atoms with Crippen molar-refractivity contribution in [2.24, 2.45) is 11.8 Å². The molecule has 1 aliphatic carbocycles. The maximum absolute atomic E-state index is 13.0. The van der Waals surface area contributed by atoms with Crippen LogP contribution in [-0.2, 0) is 10.2 Å². The zero-order chi connectivity index (χ0) is 15.6. The molecular formula is C17H32N2O2S. The number of hydrogen-bond donors (Lipinski definition) is 0. The molecule has 5 heteroatoms. The van der Waals surface area contributed by atoms with E-state index in [1.165, 1.54) is 32.1 Å². The molecule has 1 saturated carbocycles. The molecule has 2 heterocycles. The number of nitrogens with zero attached hydrogens (tertiary/aromatic N) is 2. The molecule has 0 aromatic carbocycles. The molecule has 2 atom stereocenters. The summed E-state index contributed by atoms with van der Waals surface area (Å²) in [6.45, 7) is 4.35. The van der Waals surface area contributed by atoms with Crippen LogP contribution in [0.15, 0.2) is 0 Å². The third-order valence-electron chi connectivity index (χ3n) is 5.90. The van der Waals surface area contributed by atoms with Crippen LogP contribution >= 0.6 is 0 Å². The fourth-order valence-electron chi connectivity index (χ4n) is 4.66. The van der Waals surface area contributed by atoms with E-state index in [0.29, 0.717) is 5.92 Å². The summed E-state index contributed by atoms with van der Waals surface area (Å²) in [5.41, 5.74) is 0. The molecular weight excluding hydrogens is 296 g/mol. The minimum absolute atomic E-state index is 0.269. The van der Waals surface area contributed by atoms with E-state index in [2.05, 4.69) is 6.92 Å². The van der Waals surface area contributed by atoms with Gasteiger partial charge in [-0.3, -0.25) is 0 Å². The van der Waals surface area contributed by atoms with E-state index in [1.54, 1.807) is 4.31 Å². The summed E-state index contributed by atoms with van der Waals surface area (Å²) >= 11 is 0. The molecule has 0 unspecified atom stereocenters. The van der Waals surface area contributed by atoms with Crippen LogP contribution in [0.25, 0.3) is 0 Å². The van der Waals surface area contributed by atoms with Crippen LogP contribution in [-0.4, -0.2) is 42.7 Å². The summed E-state index contributed by atoms with van der Waals surface area (Å²) in [6.07, 6.45) is 12.1. The number of rotatable bonds is 4. The van der Waals surface area contributed by atoms with Crippen LogP contribution in [0.5, 0.6) is 0 Å². The van der Waals surface area contributed by atoms with Crippen LogP contribution in [0.1, 0.15) is 71.1 Å². The lowest BCUT2D eigenvalue weighted by atomic mass is 9.84. The summed E-state index contributed by atoms with van der Waals surface area (Å²) in [5.74, 6) is 1.26. The number of piperidine rings is 1. The minimum Gasteiger partial charge on any atom is -0.195 e. The SMILES string of the molecule is C[C@@H]1CCCN(S(=O)(=O)N2CCC[C@@H]2CC2CCCCC2)C1. The van der Waals surface area contributed by atoms with Gasteiger partial charge in [-0.05, 0) is 43.9 Å². The second-order valence-electron chi connectivity index (χ2n) is 7.76. The van der Waals surface area contributed by atoms with E-state index in [9.17, 15) is 8.42 Å². The Morgan fingerprint density at radius 3 is 2.36 bits per heavy atom. The molecule has 0 aromatic heterocycles. The van der Waals surface area contributed by atoms with Gasteiger partial charge in [-0.1, -0.05) is 39.0 Å². The van der Waals surface area contributed by atoms with Crippen molar-refractivity contribution in [2.45, 2.75) is 77.2 Å². The molecule has 3 aliphatic rings. The first-order chi connectivity index (χ1) is 10.6. The summed E-state index contributed by atoms with van der Waals surface area (Å²) in [4.78, 5) is 0. The Kier molecular flexibility index (Phi) is 5.46. The molecule has 0 N–H and O–H groups in total. The van der Waals surface area contributed by atoms with E-state index >= 15 is 0 Å². The summed E-state index contributed by atoms with van der Waals surface area (Å²) < 4.78 is 29.7. The summed E-state index contributed by atoms with van der Waals surface area (Å²) in [5, 5.41) is 0. The van der Waals surface area contributed by atoms with Gasteiger partial charge in [0.1, 0.15) is 0 Å². The Labute approximate surface area is 136 Å². The van der Waals surface area contributed by atoms with Crippen LogP contribution in [0, 0.1) is 11.8 Å². The molecule has 4 nitrogen and oxygen atoms in total. The van der Waals surface area contributed by atoms with E-state index in [0.717, 1.165) is 57.7 Å². The maximum atomic E-state index is 13.0. The van der Waals surface area contributed by atoms with E-state index in [4.69, 9.17) is 0 Å². The molecule has 2 saturated heterocycles. The fraction of sp³-hybridized carbons (Fsp3) is 1.00. The quantitative estimate of drug-likeness (QED) is 0.793. The van der Waals surface area contributed by atoms with Gasteiger partial charge in [0.25, 0.3) is 10.2 Å². The standard InChI is InChI=1S/C17H32N2O2S/c1-15-7-5-11-18(14-15)22(20,21)19-12-6-10-17(19)13-16-8-3-2-4-9-16/h15-17H,2-14H2,1H3/t15-,17-/m1/s1. The van der Waals surface area contributed by atoms with Gasteiger partial charge < -0.3 is 0 Å². The van der Waals surface area contributed by atoms with Crippen molar-refractivity contribution in [3.05, 3.63) is 0 Å². The van der Waals surface area contributed by atoms with Crippen LogP contribution < -0.4 is 0 Å². The van der Waals surface area contributed by atoms with Crippen LogP contribution in [0.3, 0.4) is 0 Å². The molecule has 0 amide bonds. The van der Waals surface area contributed by atoms with Crippen molar-refractivity contribution in [1.29, 1.82) is 0 Å². The van der Waals surface area contributed by atoms with Gasteiger partial charge in [-0.2, -0.15) is 17.0 Å². The molecule has 2 aliphatic heterocycles. The van der Waals surface area contributed by atoms with Gasteiger partial charge in [0, 0.05) is 25.7 Å². The number of hydrogen-bond acceptors (Lipinski definition) is 2. The lowest BCUT2D eigenvalue weighted by molar-refractivity contribution is 0.232. The van der Waals surface area contributed by atoms with Crippen molar-refractivity contribution in [2.75, 3.05) is 19.6 Å². The molecule has 3 fully saturated rings. The Bertz CT molecular complexity index is 459. The summed E-state index contributed by atoms with van der Waals surface area (Å²) in [6, 6.07) is 0.269. The van der Waals surface area contributed by atoms with Gasteiger partial charge in [0.2, 0.25) is 0 Å². The normalized spacial score (nSPS) is 33.3. The lowest BCUT2D eigenvalue weighted by Crippen LogP contribution is -2.49. The van der Waals surface area contributed by atoms with Gasteiger partial charge in [0.05, 0.1) is 0 Å². The van der Waals surface area contributed by atoms with E-state index in [-0.39, 0.29) is 6.04 Å². The van der Waals surface area contributed by atoms with Gasteiger partial charge in [0.15, 0.2) is 0 Å². The first-order valence-corrected chi connectivity index (χ1v) is 10.7. The van der Waals surface area contributed by atoms with Crippen molar-refractivity contribution in [3.8, 4) is 0 Å². The van der Waals surface area contributed by atoms with E-state index < -0.39 is 10.2 Å². The second kappa shape index (κ2) is 7.18. The Morgan fingerprint density at radius 1 is 0.909 bits per heavy atom. The van der Waals surface area contributed by atoms with Crippen LogP contribution in [0.4, 0.5) is 0 Å².